The standard InChI is InChI=1S/C8H14O4/c1-12-6-8(11)5-7(10)3-2-4-9/h9H,2-6H2,1H3. The Kier molecular flexibility index (Phi) is 6.51. The molecule has 0 saturated carbocycles. The second-order valence-electron chi connectivity index (χ2n) is 2.51. The van der Waals surface area contributed by atoms with Gasteiger partial charge in [-0.3, -0.25) is 9.59 Å². The highest BCUT2D eigenvalue weighted by Gasteiger charge is 2.07. The van der Waals surface area contributed by atoms with Gasteiger partial charge in [0.05, 0.1) is 6.42 Å². The van der Waals surface area contributed by atoms with Crippen molar-refractivity contribution in [2.75, 3.05) is 20.3 Å². The molecule has 0 aliphatic heterocycles. The molecule has 0 atom stereocenters. The van der Waals surface area contributed by atoms with Crippen LogP contribution in [0.15, 0.2) is 0 Å². The number of hydrogen-bond acceptors (Lipinski definition) is 4. The smallest absolute Gasteiger partial charge is 0.165 e. The number of carbonyl (C=O) groups excluding carboxylic acids is 2. The van der Waals surface area contributed by atoms with Crippen molar-refractivity contribution in [2.45, 2.75) is 19.3 Å². The van der Waals surface area contributed by atoms with Gasteiger partial charge in [-0.05, 0) is 6.42 Å². The fourth-order valence-electron chi connectivity index (χ4n) is 0.797. The minimum Gasteiger partial charge on any atom is -0.396 e. The Bertz CT molecular complexity index is 153. The Morgan fingerprint density at radius 3 is 2.50 bits per heavy atom. The summed E-state index contributed by atoms with van der Waals surface area (Å²) in [6.07, 6.45) is 0.624. The maximum atomic E-state index is 10.9. The number of methoxy groups -OCH3 is 1. The minimum atomic E-state index is -0.208. The number of Topliss-reactive ketones (excluding diaryl/α,β-unsaturated/α-hetero) is 2. The van der Waals surface area contributed by atoms with E-state index in [-0.39, 0.29) is 37.6 Å². The molecule has 12 heavy (non-hydrogen) atoms. The van der Waals surface area contributed by atoms with E-state index in [1.807, 2.05) is 0 Å². The van der Waals surface area contributed by atoms with E-state index in [0.717, 1.165) is 0 Å². The monoisotopic (exact) mass is 174 g/mol. The molecule has 0 saturated heterocycles. The van der Waals surface area contributed by atoms with Crippen molar-refractivity contribution in [3.8, 4) is 0 Å². The lowest BCUT2D eigenvalue weighted by Crippen LogP contribution is -2.12. The van der Waals surface area contributed by atoms with Crippen LogP contribution >= 0.6 is 0 Å². The maximum Gasteiger partial charge on any atom is 0.165 e. The summed E-state index contributed by atoms with van der Waals surface area (Å²) in [5.74, 6) is -0.341. The van der Waals surface area contributed by atoms with Gasteiger partial charge < -0.3 is 9.84 Å². The van der Waals surface area contributed by atoms with Gasteiger partial charge in [0.1, 0.15) is 12.4 Å². The van der Waals surface area contributed by atoms with Crippen LogP contribution in [-0.2, 0) is 14.3 Å². The van der Waals surface area contributed by atoms with Crippen LogP contribution in [0.25, 0.3) is 0 Å². The molecule has 0 heterocycles. The zero-order valence-corrected chi connectivity index (χ0v) is 7.21. The lowest BCUT2D eigenvalue weighted by molar-refractivity contribution is -0.129. The molecular formula is C8H14O4. The van der Waals surface area contributed by atoms with Crippen molar-refractivity contribution in [1.29, 1.82) is 0 Å². The van der Waals surface area contributed by atoms with Gasteiger partial charge in [-0.2, -0.15) is 0 Å². The fourth-order valence-corrected chi connectivity index (χ4v) is 0.797. The van der Waals surface area contributed by atoms with Crippen LogP contribution in [0.3, 0.4) is 0 Å². The summed E-state index contributed by atoms with van der Waals surface area (Å²) in [6.45, 7) is -0.0188. The summed E-state index contributed by atoms with van der Waals surface area (Å²) in [6, 6.07) is 0. The Morgan fingerprint density at radius 1 is 1.33 bits per heavy atom. The summed E-state index contributed by atoms with van der Waals surface area (Å²) >= 11 is 0. The van der Waals surface area contributed by atoms with Crippen LogP contribution in [0.2, 0.25) is 0 Å². The van der Waals surface area contributed by atoms with Crippen molar-refractivity contribution < 1.29 is 19.4 Å². The normalized spacial score (nSPS) is 9.83. The van der Waals surface area contributed by atoms with Crippen molar-refractivity contribution in [3.63, 3.8) is 0 Å². The van der Waals surface area contributed by atoms with Crippen molar-refractivity contribution >= 4 is 11.6 Å². The average molecular weight is 174 g/mol. The molecule has 0 rings (SSSR count). The number of carbonyl (C=O) groups is 2. The highest BCUT2D eigenvalue weighted by atomic mass is 16.5. The maximum absolute atomic E-state index is 10.9. The molecule has 0 aromatic rings. The molecule has 0 unspecified atom stereocenters. The first-order chi connectivity index (χ1) is 5.70. The van der Waals surface area contributed by atoms with E-state index in [9.17, 15) is 9.59 Å². The Labute approximate surface area is 71.5 Å². The highest BCUT2D eigenvalue weighted by molar-refractivity contribution is 5.99. The van der Waals surface area contributed by atoms with Crippen LogP contribution in [0.4, 0.5) is 0 Å². The Morgan fingerprint density at radius 2 is 2.00 bits per heavy atom. The first-order valence-corrected chi connectivity index (χ1v) is 3.84. The van der Waals surface area contributed by atoms with Crippen LogP contribution in [-0.4, -0.2) is 37.0 Å². The molecule has 0 aromatic heterocycles. The van der Waals surface area contributed by atoms with Gasteiger partial charge in [0.15, 0.2) is 5.78 Å². The number of rotatable bonds is 7. The highest BCUT2D eigenvalue weighted by Crippen LogP contribution is 1.95. The molecule has 0 amide bonds. The second-order valence-corrected chi connectivity index (χ2v) is 2.51. The molecule has 0 aliphatic rings. The molecule has 0 aliphatic carbocycles. The summed E-state index contributed by atoms with van der Waals surface area (Å²) in [5, 5.41) is 8.39. The average Bonchev–Trinajstić information content (AvgIpc) is 2.01. The third-order valence-electron chi connectivity index (χ3n) is 1.31. The first-order valence-electron chi connectivity index (χ1n) is 3.84. The van der Waals surface area contributed by atoms with Crippen molar-refractivity contribution in [2.24, 2.45) is 0 Å². The van der Waals surface area contributed by atoms with E-state index in [2.05, 4.69) is 4.74 Å². The summed E-state index contributed by atoms with van der Waals surface area (Å²) in [4.78, 5) is 21.7. The van der Waals surface area contributed by atoms with Gasteiger partial charge in [-0.1, -0.05) is 0 Å². The largest absolute Gasteiger partial charge is 0.396 e. The fraction of sp³-hybridized carbons (Fsp3) is 0.750. The predicted octanol–water partition coefficient (Wildman–Crippen LogP) is -0.0664. The summed E-state index contributed by atoms with van der Waals surface area (Å²) in [5.41, 5.74) is 0. The third-order valence-corrected chi connectivity index (χ3v) is 1.31. The molecular weight excluding hydrogens is 160 g/mol. The van der Waals surface area contributed by atoms with Crippen LogP contribution in [0.5, 0.6) is 0 Å². The second kappa shape index (κ2) is 6.94. The molecule has 0 aromatic carbocycles. The molecule has 4 heteroatoms. The van der Waals surface area contributed by atoms with Crippen LogP contribution < -0.4 is 0 Å². The molecule has 0 radical (unpaired) electrons. The van der Waals surface area contributed by atoms with E-state index < -0.39 is 0 Å². The van der Waals surface area contributed by atoms with Gasteiger partial charge in [0.2, 0.25) is 0 Å². The quantitative estimate of drug-likeness (QED) is 0.549. The Balaban J connectivity index is 3.47. The molecule has 4 nitrogen and oxygen atoms in total. The number of ketones is 2. The minimum absolute atomic E-state index is 0.00906. The number of aliphatic hydroxyl groups excluding tert-OH is 1. The van der Waals surface area contributed by atoms with Gasteiger partial charge >= 0.3 is 0 Å². The van der Waals surface area contributed by atoms with E-state index in [0.29, 0.717) is 6.42 Å². The summed E-state index contributed by atoms with van der Waals surface area (Å²) < 4.78 is 4.56. The predicted molar refractivity (Wildman–Crippen MR) is 42.8 cm³/mol. The van der Waals surface area contributed by atoms with E-state index in [4.69, 9.17) is 5.11 Å². The van der Waals surface area contributed by atoms with Crippen molar-refractivity contribution in [1.82, 2.24) is 0 Å². The van der Waals surface area contributed by atoms with Gasteiger partial charge in [0.25, 0.3) is 0 Å². The summed E-state index contributed by atoms with van der Waals surface area (Å²) in [7, 11) is 1.41. The topological polar surface area (TPSA) is 63.6 Å². The Hall–Kier alpha value is -0.740. The SMILES string of the molecule is COCC(=O)CC(=O)CCCO. The van der Waals surface area contributed by atoms with Gasteiger partial charge in [-0.25, -0.2) is 0 Å². The third kappa shape index (κ3) is 6.00. The van der Waals surface area contributed by atoms with Gasteiger partial charge in [0, 0.05) is 20.1 Å². The molecule has 0 fully saturated rings. The molecule has 0 spiro atoms. The zero-order valence-electron chi connectivity index (χ0n) is 7.21. The molecule has 70 valence electrons. The first kappa shape index (κ1) is 11.3. The number of aliphatic hydroxyl groups is 1. The van der Waals surface area contributed by atoms with E-state index in [1.165, 1.54) is 7.11 Å². The van der Waals surface area contributed by atoms with E-state index in [1.54, 1.807) is 0 Å². The number of hydrogen-bond donors (Lipinski definition) is 1. The van der Waals surface area contributed by atoms with Crippen LogP contribution in [0, 0.1) is 0 Å². The molecule has 0 bridgehead atoms. The van der Waals surface area contributed by atoms with Gasteiger partial charge in [-0.15, -0.1) is 0 Å². The zero-order chi connectivity index (χ0) is 9.40. The van der Waals surface area contributed by atoms with Crippen LogP contribution in [0.1, 0.15) is 19.3 Å². The lowest BCUT2D eigenvalue weighted by atomic mass is 10.1. The molecule has 1 N–H and O–H groups in total. The lowest BCUT2D eigenvalue weighted by Gasteiger charge is -1.98. The van der Waals surface area contributed by atoms with E-state index >= 15 is 0 Å². The van der Waals surface area contributed by atoms with Crippen molar-refractivity contribution in [3.05, 3.63) is 0 Å². The number of ether oxygens (including phenoxy) is 1.